The highest BCUT2D eigenvalue weighted by Gasteiger charge is 2.02. The van der Waals surface area contributed by atoms with Gasteiger partial charge in [-0.25, -0.2) is 4.39 Å². The summed E-state index contributed by atoms with van der Waals surface area (Å²) >= 11 is 3.05. The lowest BCUT2D eigenvalue weighted by Crippen LogP contribution is -1.87. The third-order valence-electron chi connectivity index (χ3n) is 1.49. The van der Waals surface area contributed by atoms with E-state index in [1.165, 1.54) is 13.2 Å². The van der Waals surface area contributed by atoms with Crippen LogP contribution in [0.2, 0.25) is 0 Å². The summed E-state index contributed by atoms with van der Waals surface area (Å²) in [7, 11) is 1.50. The van der Waals surface area contributed by atoms with Gasteiger partial charge < -0.3 is 4.74 Å². The molecule has 0 aliphatic heterocycles. The van der Waals surface area contributed by atoms with Gasteiger partial charge in [-0.15, -0.1) is 0 Å². The van der Waals surface area contributed by atoms with Crippen LogP contribution in [0.4, 0.5) is 4.39 Å². The van der Waals surface area contributed by atoms with Gasteiger partial charge in [0.25, 0.3) is 0 Å². The van der Waals surface area contributed by atoms with E-state index in [0.29, 0.717) is 15.8 Å². The molecule has 0 aromatic heterocycles. The number of benzene rings is 1. The van der Waals surface area contributed by atoms with Crippen molar-refractivity contribution in [3.8, 4) is 0 Å². The molecular weight excluding hydrogens is 223 g/mol. The Kier molecular flexibility index (Phi) is 2.87. The van der Waals surface area contributed by atoms with Gasteiger partial charge in [0.05, 0.1) is 11.6 Å². The van der Waals surface area contributed by atoms with Gasteiger partial charge in [0.2, 0.25) is 0 Å². The molecule has 0 amide bonds. The molecule has 0 fully saturated rings. The van der Waals surface area contributed by atoms with Gasteiger partial charge in [0, 0.05) is 5.56 Å². The molecule has 0 aliphatic carbocycles. The van der Waals surface area contributed by atoms with Gasteiger partial charge in [-0.3, -0.25) is 0 Å². The smallest absolute Gasteiger partial charge is 0.138 e. The minimum Gasteiger partial charge on any atom is -0.497 e. The first-order valence-corrected chi connectivity index (χ1v) is 4.12. The Morgan fingerprint density at radius 1 is 1.58 bits per heavy atom. The summed E-state index contributed by atoms with van der Waals surface area (Å²) in [6.07, 6.45) is 0. The van der Waals surface area contributed by atoms with Crippen LogP contribution in [0.25, 0.3) is 5.76 Å². The molecule has 0 atom stereocenters. The molecule has 1 rings (SSSR count). The van der Waals surface area contributed by atoms with Crippen molar-refractivity contribution in [1.29, 1.82) is 0 Å². The molecule has 3 heteroatoms. The van der Waals surface area contributed by atoms with Gasteiger partial charge in [0.1, 0.15) is 11.6 Å². The summed E-state index contributed by atoms with van der Waals surface area (Å²) in [6, 6.07) is 4.73. The zero-order valence-corrected chi connectivity index (χ0v) is 8.19. The fraction of sp³-hybridized carbons (Fsp3) is 0.111. The molecule has 0 heterocycles. The zero-order chi connectivity index (χ0) is 9.14. The van der Waals surface area contributed by atoms with E-state index in [9.17, 15) is 4.39 Å². The third-order valence-corrected chi connectivity index (χ3v) is 2.13. The fourth-order valence-electron chi connectivity index (χ4n) is 0.787. The van der Waals surface area contributed by atoms with E-state index in [1.54, 1.807) is 12.1 Å². The minimum atomic E-state index is -0.314. The summed E-state index contributed by atoms with van der Waals surface area (Å²) in [6.45, 7) is 3.61. The van der Waals surface area contributed by atoms with E-state index in [0.717, 1.165) is 0 Å². The Morgan fingerprint density at radius 2 is 2.25 bits per heavy atom. The predicted molar refractivity (Wildman–Crippen MR) is 50.1 cm³/mol. The molecule has 0 bridgehead atoms. The predicted octanol–water partition coefficient (Wildman–Crippen LogP) is 3.21. The Labute approximate surface area is 79.0 Å². The van der Waals surface area contributed by atoms with Crippen molar-refractivity contribution in [2.45, 2.75) is 0 Å². The maximum atomic E-state index is 12.9. The Bertz CT molecular complexity index is 309. The van der Waals surface area contributed by atoms with E-state index in [-0.39, 0.29) is 5.82 Å². The number of hydrogen-bond donors (Lipinski definition) is 0. The van der Waals surface area contributed by atoms with Crippen LogP contribution in [0, 0.1) is 5.82 Å². The summed E-state index contributed by atoms with van der Waals surface area (Å²) in [5, 5.41) is 0. The van der Waals surface area contributed by atoms with Crippen LogP contribution in [0.5, 0.6) is 0 Å². The average Bonchev–Trinajstić information content (AvgIpc) is 2.08. The number of rotatable bonds is 2. The second-order valence-corrected chi connectivity index (χ2v) is 3.11. The number of hydrogen-bond acceptors (Lipinski definition) is 1. The lowest BCUT2D eigenvalue weighted by Gasteiger charge is -2.04. The van der Waals surface area contributed by atoms with Gasteiger partial charge in [0.15, 0.2) is 0 Å². The van der Waals surface area contributed by atoms with E-state index in [4.69, 9.17) is 4.74 Å². The van der Waals surface area contributed by atoms with Crippen molar-refractivity contribution in [2.75, 3.05) is 7.11 Å². The van der Waals surface area contributed by atoms with Crippen LogP contribution in [0.1, 0.15) is 5.56 Å². The topological polar surface area (TPSA) is 9.23 Å². The lowest BCUT2D eigenvalue weighted by molar-refractivity contribution is 0.371. The Morgan fingerprint density at radius 3 is 2.75 bits per heavy atom. The van der Waals surface area contributed by atoms with E-state index >= 15 is 0 Å². The molecule has 1 aromatic rings. The number of methoxy groups -OCH3 is 1. The van der Waals surface area contributed by atoms with Crippen LogP contribution in [-0.4, -0.2) is 7.11 Å². The highest BCUT2D eigenvalue weighted by Crippen LogP contribution is 2.20. The molecule has 0 spiro atoms. The SMILES string of the molecule is C=C(OC)c1ccc(Br)c(F)c1. The maximum absolute atomic E-state index is 12.9. The van der Waals surface area contributed by atoms with Crippen molar-refractivity contribution >= 4 is 21.7 Å². The first kappa shape index (κ1) is 9.26. The highest BCUT2D eigenvalue weighted by atomic mass is 79.9. The van der Waals surface area contributed by atoms with Crippen LogP contribution in [0.15, 0.2) is 29.3 Å². The first-order chi connectivity index (χ1) is 5.65. The lowest BCUT2D eigenvalue weighted by atomic mass is 10.2. The van der Waals surface area contributed by atoms with Crippen LogP contribution >= 0.6 is 15.9 Å². The second-order valence-electron chi connectivity index (χ2n) is 2.26. The summed E-state index contributed by atoms with van der Waals surface area (Å²) in [4.78, 5) is 0. The van der Waals surface area contributed by atoms with E-state index < -0.39 is 0 Å². The Hall–Kier alpha value is -0.830. The second kappa shape index (κ2) is 3.72. The molecule has 0 saturated carbocycles. The van der Waals surface area contributed by atoms with Crippen molar-refractivity contribution in [3.63, 3.8) is 0 Å². The van der Waals surface area contributed by atoms with Crippen LogP contribution in [-0.2, 0) is 4.74 Å². The molecular formula is C9H8BrFO. The van der Waals surface area contributed by atoms with Gasteiger partial charge >= 0.3 is 0 Å². The Balaban J connectivity index is 3.05. The van der Waals surface area contributed by atoms with Crippen molar-refractivity contribution in [3.05, 3.63) is 40.6 Å². The number of halogens is 2. The maximum Gasteiger partial charge on any atom is 0.138 e. The monoisotopic (exact) mass is 230 g/mol. The molecule has 0 N–H and O–H groups in total. The normalized spacial score (nSPS) is 9.58. The largest absolute Gasteiger partial charge is 0.497 e. The molecule has 0 saturated heterocycles. The molecule has 12 heavy (non-hydrogen) atoms. The van der Waals surface area contributed by atoms with Crippen molar-refractivity contribution in [1.82, 2.24) is 0 Å². The van der Waals surface area contributed by atoms with E-state index in [2.05, 4.69) is 22.5 Å². The fourth-order valence-corrected chi connectivity index (χ4v) is 1.03. The van der Waals surface area contributed by atoms with Gasteiger partial charge in [-0.05, 0) is 34.1 Å². The minimum absolute atomic E-state index is 0.314. The zero-order valence-electron chi connectivity index (χ0n) is 6.60. The number of ether oxygens (including phenoxy) is 1. The quantitative estimate of drug-likeness (QED) is 0.710. The molecule has 64 valence electrons. The molecule has 0 unspecified atom stereocenters. The van der Waals surface area contributed by atoms with Gasteiger partial charge in [-0.2, -0.15) is 0 Å². The summed E-state index contributed by atoms with van der Waals surface area (Å²) in [5.74, 6) is 0.145. The summed E-state index contributed by atoms with van der Waals surface area (Å²) in [5.41, 5.74) is 0.651. The standard InChI is InChI=1S/C9H8BrFO/c1-6(12-2)7-3-4-8(10)9(11)5-7/h3-5H,1H2,2H3. The molecule has 0 aliphatic rings. The summed E-state index contributed by atoms with van der Waals surface area (Å²) < 4.78 is 18.2. The first-order valence-electron chi connectivity index (χ1n) is 3.33. The van der Waals surface area contributed by atoms with Crippen molar-refractivity contribution in [2.24, 2.45) is 0 Å². The third kappa shape index (κ3) is 1.85. The molecule has 1 nitrogen and oxygen atoms in total. The highest BCUT2D eigenvalue weighted by molar-refractivity contribution is 9.10. The van der Waals surface area contributed by atoms with Crippen LogP contribution < -0.4 is 0 Å². The van der Waals surface area contributed by atoms with Crippen LogP contribution in [0.3, 0.4) is 0 Å². The van der Waals surface area contributed by atoms with E-state index in [1.807, 2.05) is 0 Å². The molecule has 1 aromatic carbocycles. The molecule has 0 radical (unpaired) electrons. The van der Waals surface area contributed by atoms with Gasteiger partial charge in [-0.1, -0.05) is 6.58 Å². The average molecular weight is 231 g/mol. The van der Waals surface area contributed by atoms with Crippen molar-refractivity contribution < 1.29 is 9.13 Å².